The first-order valence-corrected chi connectivity index (χ1v) is 10.3. The molecule has 9 heteroatoms. The Kier molecular flexibility index (Phi) is 3.83. The molecule has 140 valence electrons. The van der Waals surface area contributed by atoms with E-state index in [2.05, 4.69) is 27.2 Å². The lowest BCUT2D eigenvalue weighted by atomic mass is 9.89. The van der Waals surface area contributed by atoms with Crippen LogP contribution in [0.1, 0.15) is 24.8 Å². The van der Waals surface area contributed by atoms with Gasteiger partial charge in [0.1, 0.15) is 17.3 Å². The van der Waals surface area contributed by atoms with E-state index in [1.165, 1.54) is 0 Å². The summed E-state index contributed by atoms with van der Waals surface area (Å²) in [5.41, 5.74) is 2.30. The number of aromatic amines is 1. The number of hydrogen-bond acceptors (Lipinski definition) is 5. The molecule has 5 rings (SSSR count). The monoisotopic (exact) mass is 391 g/mol. The number of pyridine rings is 1. The van der Waals surface area contributed by atoms with Crippen LogP contribution in [0.4, 0.5) is 0 Å². The molecule has 1 atom stereocenters. The number of nitrogens with zero attached hydrogens (tertiary/aromatic N) is 6. The normalized spacial score (nSPS) is 19.6. The standard InChI is InChI=1S/C19H17N7OS/c20-5-4-19(11-25(12-19)28(27)15-1-2-15)26-10-14(9-24-26)17-13(7-21)8-23-18-16(17)3-6-22-18/h3,6,8-10,15H,1-2,4,11-12H2,(H,22,23). The van der Waals surface area contributed by atoms with Gasteiger partial charge in [-0.1, -0.05) is 0 Å². The summed E-state index contributed by atoms with van der Waals surface area (Å²) in [6.07, 6.45) is 9.30. The topological polar surface area (TPSA) is 114 Å². The van der Waals surface area contributed by atoms with Crippen LogP contribution in [0.5, 0.6) is 0 Å². The molecule has 1 saturated carbocycles. The van der Waals surface area contributed by atoms with Crippen molar-refractivity contribution in [1.29, 1.82) is 10.5 Å². The second kappa shape index (κ2) is 6.26. The van der Waals surface area contributed by atoms with Crippen LogP contribution in [0.15, 0.2) is 30.9 Å². The van der Waals surface area contributed by atoms with Gasteiger partial charge < -0.3 is 4.98 Å². The van der Waals surface area contributed by atoms with E-state index in [9.17, 15) is 14.7 Å². The lowest BCUT2D eigenvalue weighted by Gasteiger charge is -2.48. The molecule has 0 aromatic carbocycles. The van der Waals surface area contributed by atoms with Crippen LogP contribution in [0.2, 0.25) is 0 Å². The molecule has 3 aromatic heterocycles. The number of fused-ring (bicyclic) bond motifs is 1. The number of hydrogen-bond donors (Lipinski definition) is 1. The molecule has 1 unspecified atom stereocenters. The summed E-state index contributed by atoms with van der Waals surface area (Å²) >= 11 is 0. The summed E-state index contributed by atoms with van der Waals surface area (Å²) in [5.74, 6) is 0. The SMILES string of the molecule is N#CCC1(n2cc(-c3c(C#N)cnc4[nH]ccc34)cn2)CN(S(=O)C2CC2)C1. The van der Waals surface area contributed by atoms with Gasteiger partial charge in [-0.05, 0) is 18.9 Å². The number of H-pyrrole nitrogens is 1. The molecule has 0 bridgehead atoms. The summed E-state index contributed by atoms with van der Waals surface area (Å²) in [6, 6.07) is 6.35. The maximum absolute atomic E-state index is 12.4. The van der Waals surface area contributed by atoms with Gasteiger partial charge in [-0.25, -0.2) is 13.5 Å². The minimum atomic E-state index is -0.963. The van der Waals surface area contributed by atoms with E-state index in [1.54, 1.807) is 18.6 Å². The van der Waals surface area contributed by atoms with Crippen molar-refractivity contribution >= 4 is 22.0 Å². The largest absolute Gasteiger partial charge is 0.346 e. The first kappa shape index (κ1) is 17.1. The lowest BCUT2D eigenvalue weighted by Crippen LogP contribution is -2.63. The highest BCUT2D eigenvalue weighted by Gasteiger charge is 2.50. The molecule has 2 fully saturated rings. The van der Waals surface area contributed by atoms with Crippen LogP contribution in [0, 0.1) is 22.7 Å². The smallest absolute Gasteiger partial charge is 0.137 e. The van der Waals surface area contributed by atoms with E-state index < -0.39 is 16.5 Å². The molecule has 28 heavy (non-hydrogen) atoms. The van der Waals surface area contributed by atoms with E-state index in [4.69, 9.17) is 0 Å². The van der Waals surface area contributed by atoms with Crippen molar-refractivity contribution in [3.05, 3.63) is 36.4 Å². The highest BCUT2D eigenvalue weighted by Crippen LogP contribution is 2.39. The highest BCUT2D eigenvalue weighted by molar-refractivity contribution is 7.83. The summed E-state index contributed by atoms with van der Waals surface area (Å²) in [4.78, 5) is 7.34. The molecule has 1 saturated heterocycles. The summed E-state index contributed by atoms with van der Waals surface area (Å²) in [6.45, 7) is 1.09. The van der Waals surface area contributed by atoms with Gasteiger partial charge in [-0.3, -0.25) is 4.68 Å². The summed E-state index contributed by atoms with van der Waals surface area (Å²) in [5, 5.41) is 24.5. The van der Waals surface area contributed by atoms with Crippen molar-refractivity contribution in [2.24, 2.45) is 0 Å². The van der Waals surface area contributed by atoms with Gasteiger partial charge in [0.05, 0.1) is 35.2 Å². The number of nitrogens with one attached hydrogen (secondary N) is 1. The van der Waals surface area contributed by atoms with Crippen molar-refractivity contribution in [3.63, 3.8) is 0 Å². The number of nitriles is 2. The molecule has 0 radical (unpaired) electrons. The second-order valence-electron chi connectivity index (χ2n) is 7.41. The molecule has 8 nitrogen and oxygen atoms in total. The Balaban J connectivity index is 1.51. The summed E-state index contributed by atoms with van der Waals surface area (Å²) in [7, 11) is -0.963. The Hall–Kier alpha value is -3.01. The predicted octanol–water partition coefficient (Wildman–Crippen LogP) is 2.05. The maximum atomic E-state index is 12.4. The van der Waals surface area contributed by atoms with Crippen LogP contribution in [-0.2, 0) is 16.5 Å². The van der Waals surface area contributed by atoms with Gasteiger partial charge in [-0.15, -0.1) is 0 Å². The van der Waals surface area contributed by atoms with Gasteiger partial charge in [0.25, 0.3) is 0 Å². The van der Waals surface area contributed by atoms with Crippen molar-refractivity contribution in [3.8, 4) is 23.3 Å². The average Bonchev–Trinajstić information content (AvgIpc) is 3.22. The average molecular weight is 391 g/mol. The van der Waals surface area contributed by atoms with Crippen LogP contribution in [0.25, 0.3) is 22.2 Å². The van der Waals surface area contributed by atoms with Crippen LogP contribution in [-0.4, -0.2) is 46.6 Å². The first-order valence-electron chi connectivity index (χ1n) is 9.09. The molecule has 4 heterocycles. The molecular formula is C19H17N7OS. The van der Waals surface area contributed by atoms with E-state index >= 15 is 0 Å². The van der Waals surface area contributed by atoms with Gasteiger partial charge in [0.2, 0.25) is 0 Å². The molecule has 1 aliphatic heterocycles. The van der Waals surface area contributed by atoms with E-state index in [0.29, 0.717) is 30.7 Å². The van der Waals surface area contributed by atoms with Gasteiger partial charge in [0, 0.05) is 53.4 Å². The summed E-state index contributed by atoms with van der Waals surface area (Å²) < 4.78 is 16.2. The zero-order chi connectivity index (χ0) is 19.3. The minimum absolute atomic E-state index is 0.283. The zero-order valence-electron chi connectivity index (χ0n) is 15.0. The fraction of sp³-hybridized carbons (Fsp3) is 0.368. The molecule has 0 spiro atoms. The Bertz CT molecular complexity index is 1170. The van der Waals surface area contributed by atoms with E-state index in [1.807, 2.05) is 21.3 Å². The van der Waals surface area contributed by atoms with Crippen molar-refractivity contribution in [2.45, 2.75) is 30.1 Å². The third-order valence-corrected chi connectivity index (χ3v) is 7.29. The molecule has 3 aromatic rings. The maximum Gasteiger partial charge on any atom is 0.137 e. The third kappa shape index (κ3) is 2.55. The van der Waals surface area contributed by atoms with Crippen molar-refractivity contribution in [1.82, 2.24) is 24.1 Å². The fourth-order valence-electron chi connectivity index (χ4n) is 3.82. The van der Waals surface area contributed by atoms with E-state index in [-0.39, 0.29) is 5.25 Å². The Morgan fingerprint density at radius 3 is 2.86 bits per heavy atom. The predicted molar refractivity (Wildman–Crippen MR) is 103 cm³/mol. The molecule has 2 aliphatic rings. The minimum Gasteiger partial charge on any atom is -0.346 e. The Morgan fingerprint density at radius 1 is 1.32 bits per heavy atom. The quantitative estimate of drug-likeness (QED) is 0.715. The fourth-order valence-corrected chi connectivity index (χ4v) is 5.51. The van der Waals surface area contributed by atoms with Crippen LogP contribution >= 0.6 is 0 Å². The molecule has 1 aliphatic carbocycles. The molecule has 1 N–H and O–H groups in total. The van der Waals surface area contributed by atoms with Crippen molar-refractivity contribution in [2.75, 3.05) is 13.1 Å². The molecule has 0 amide bonds. The number of aromatic nitrogens is 4. The Labute approximate surface area is 164 Å². The van der Waals surface area contributed by atoms with Crippen LogP contribution in [0.3, 0.4) is 0 Å². The van der Waals surface area contributed by atoms with Crippen LogP contribution < -0.4 is 0 Å². The molecular weight excluding hydrogens is 374 g/mol. The second-order valence-corrected chi connectivity index (χ2v) is 9.14. The zero-order valence-corrected chi connectivity index (χ0v) is 15.8. The third-order valence-electron chi connectivity index (χ3n) is 5.48. The number of rotatable bonds is 5. The van der Waals surface area contributed by atoms with E-state index in [0.717, 1.165) is 29.4 Å². The van der Waals surface area contributed by atoms with Gasteiger partial charge in [0.15, 0.2) is 0 Å². The van der Waals surface area contributed by atoms with Gasteiger partial charge in [-0.2, -0.15) is 15.6 Å². The van der Waals surface area contributed by atoms with Crippen molar-refractivity contribution < 1.29 is 4.21 Å². The lowest BCUT2D eigenvalue weighted by molar-refractivity contribution is 0.0763. The first-order chi connectivity index (χ1) is 13.6. The van der Waals surface area contributed by atoms with Gasteiger partial charge >= 0.3 is 0 Å². The Morgan fingerprint density at radius 2 is 2.14 bits per heavy atom. The highest BCUT2D eigenvalue weighted by atomic mass is 32.2.